The first-order chi connectivity index (χ1) is 7.92. The molecule has 1 aliphatic heterocycles. The zero-order valence-electron chi connectivity index (χ0n) is 10.5. The molecule has 0 spiro atoms. The minimum atomic E-state index is -4.04. The summed E-state index contributed by atoms with van der Waals surface area (Å²) in [7, 11) is 0. The van der Waals surface area contributed by atoms with Gasteiger partial charge in [-0.1, -0.05) is 6.92 Å². The molecule has 1 aliphatic rings. The zero-order chi connectivity index (χ0) is 12.9. The van der Waals surface area contributed by atoms with E-state index in [1.165, 1.54) is 0 Å². The van der Waals surface area contributed by atoms with Crippen LogP contribution in [-0.4, -0.2) is 31.0 Å². The van der Waals surface area contributed by atoms with Gasteiger partial charge in [-0.3, -0.25) is 0 Å². The molecule has 0 aliphatic carbocycles. The van der Waals surface area contributed by atoms with Crippen LogP contribution in [0.2, 0.25) is 0 Å². The smallest absolute Gasteiger partial charge is 0.374 e. The topological polar surface area (TPSA) is 21.3 Å². The lowest BCUT2D eigenvalue weighted by atomic mass is 10.0. The molecule has 1 rings (SSSR count). The lowest BCUT2D eigenvalue weighted by Gasteiger charge is -2.24. The molecule has 0 saturated carbocycles. The largest absolute Gasteiger partial charge is 0.389 e. The Labute approximate surface area is 101 Å². The van der Waals surface area contributed by atoms with Crippen molar-refractivity contribution >= 4 is 0 Å². The van der Waals surface area contributed by atoms with Gasteiger partial charge in [0.25, 0.3) is 0 Å². The molecule has 17 heavy (non-hydrogen) atoms. The number of alkyl halides is 3. The summed E-state index contributed by atoms with van der Waals surface area (Å²) in [4.78, 5) is 0. The van der Waals surface area contributed by atoms with E-state index in [0.717, 1.165) is 19.4 Å². The number of rotatable bonds is 6. The Balaban J connectivity index is 2.33. The number of hydrogen-bond donors (Lipinski definition) is 1. The molecule has 1 fully saturated rings. The summed E-state index contributed by atoms with van der Waals surface area (Å²) in [6.45, 7) is 4.75. The van der Waals surface area contributed by atoms with Gasteiger partial charge in [-0.05, 0) is 39.2 Å². The number of likely N-dealkylation sites (N-methyl/N-ethyl adjacent to an activating group) is 1. The Kier molecular flexibility index (Phi) is 5.73. The average molecular weight is 253 g/mol. The highest BCUT2D eigenvalue weighted by molar-refractivity contribution is 4.82. The molecule has 1 saturated heterocycles. The van der Waals surface area contributed by atoms with Gasteiger partial charge in [0, 0.05) is 12.5 Å². The molecule has 0 aromatic rings. The summed E-state index contributed by atoms with van der Waals surface area (Å²) in [5.74, 6) is 0. The number of hydrogen-bond acceptors (Lipinski definition) is 2. The molecule has 1 heterocycles. The van der Waals surface area contributed by atoms with Crippen molar-refractivity contribution in [3.8, 4) is 0 Å². The second-order valence-corrected chi connectivity index (χ2v) is 4.73. The van der Waals surface area contributed by atoms with Gasteiger partial charge in [0.05, 0.1) is 12.2 Å². The summed E-state index contributed by atoms with van der Waals surface area (Å²) in [5.41, 5.74) is 0. The van der Waals surface area contributed by atoms with Crippen LogP contribution >= 0.6 is 0 Å². The van der Waals surface area contributed by atoms with Crippen LogP contribution in [-0.2, 0) is 4.74 Å². The van der Waals surface area contributed by atoms with Crippen LogP contribution in [0.3, 0.4) is 0 Å². The first-order valence-electron chi connectivity index (χ1n) is 6.38. The Hall–Kier alpha value is -0.290. The normalized spacial score (nSPS) is 27.4. The minimum absolute atomic E-state index is 0.0623. The maximum atomic E-state index is 12.1. The number of ether oxygens (including phenoxy) is 1. The second-order valence-electron chi connectivity index (χ2n) is 4.73. The van der Waals surface area contributed by atoms with Gasteiger partial charge < -0.3 is 10.1 Å². The monoisotopic (exact) mass is 253 g/mol. The van der Waals surface area contributed by atoms with Crippen molar-refractivity contribution in [2.75, 3.05) is 6.54 Å². The van der Waals surface area contributed by atoms with Crippen molar-refractivity contribution in [2.24, 2.45) is 0 Å². The molecule has 1 N–H and O–H groups in total. The first kappa shape index (κ1) is 14.8. The van der Waals surface area contributed by atoms with E-state index in [1.807, 2.05) is 13.8 Å². The van der Waals surface area contributed by atoms with E-state index in [1.54, 1.807) is 0 Å². The van der Waals surface area contributed by atoms with Gasteiger partial charge in [0.2, 0.25) is 0 Å². The Morgan fingerprint density at radius 2 is 2.06 bits per heavy atom. The Morgan fingerprint density at radius 3 is 2.53 bits per heavy atom. The van der Waals surface area contributed by atoms with Crippen LogP contribution in [0.1, 0.15) is 46.0 Å². The van der Waals surface area contributed by atoms with Crippen molar-refractivity contribution in [1.29, 1.82) is 0 Å². The standard InChI is InChI=1S/C12H22F3NO/c1-3-16-10(5-4-8-12(13,14)15)11-7-6-9(2)17-11/h9-11,16H,3-8H2,1-2H3. The maximum absolute atomic E-state index is 12.1. The van der Waals surface area contributed by atoms with Crippen LogP contribution in [0.25, 0.3) is 0 Å². The summed E-state index contributed by atoms with van der Waals surface area (Å²) < 4.78 is 42.0. The molecule has 102 valence electrons. The first-order valence-corrected chi connectivity index (χ1v) is 6.38. The molecule has 2 nitrogen and oxygen atoms in total. The SMILES string of the molecule is CCNC(CCCC(F)(F)F)C1CCC(C)O1. The maximum Gasteiger partial charge on any atom is 0.389 e. The summed E-state index contributed by atoms with van der Waals surface area (Å²) in [6.07, 6.45) is -1.75. The molecule has 0 aromatic heterocycles. The molecule has 0 aromatic carbocycles. The van der Waals surface area contributed by atoms with Crippen molar-refractivity contribution < 1.29 is 17.9 Å². The molecule has 0 radical (unpaired) electrons. The summed E-state index contributed by atoms with van der Waals surface area (Å²) >= 11 is 0. The fourth-order valence-corrected chi connectivity index (χ4v) is 2.33. The van der Waals surface area contributed by atoms with E-state index < -0.39 is 12.6 Å². The van der Waals surface area contributed by atoms with Gasteiger partial charge in [0.1, 0.15) is 0 Å². The highest BCUT2D eigenvalue weighted by Crippen LogP contribution is 2.27. The molecule has 3 unspecified atom stereocenters. The Morgan fingerprint density at radius 1 is 1.35 bits per heavy atom. The highest BCUT2D eigenvalue weighted by Gasteiger charge is 2.31. The lowest BCUT2D eigenvalue weighted by Crippen LogP contribution is -2.40. The second kappa shape index (κ2) is 6.59. The molecular weight excluding hydrogens is 231 g/mol. The van der Waals surface area contributed by atoms with Gasteiger partial charge in [-0.15, -0.1) is 0 Å². The predicted octanol–water partition coefficient (Wildman–Crippen LogP) is 3.26. The fraction of sp³-hybridized carbons (Fsp3) is 1.00. The predicted molar refractivity (Wildman–Crippen MR) is 60.9 cm³/mol. The van der Waals surface area contributed by atoms with Crippen molar-refractivity contribution in [3.05, 3.63) is 0 Å². The van der Waals surface area contributed by atoms with Crippen LogP contribution in [0, 0.1) is 0 Å². The van der Waals surface area contributed by atoms with E-state index in [2.05, 4.69) is 5.32 Å². The highest BCUT2D eigenvalue weighted by atomic mass is 19.4. The minimum Gasteiger partial charge on any atom is -0.374 e. The van der Waals surface area contributed by atoms with Crippen molar-refractivity contribution in [3.63, 3.8) is 0 Å². The average Bonchev–Trinajstić information content (AvgIpc) is 2.62. The van der Waals surface area contributed by atoms with Gasteiger partial charge in [-0.2, -0.15) is 13.2 Å². The van der Waals surface area contributed by atoms with E-state index in [-0.39, 0.29) is 24.7 Å². The van der Waals surface area contributed by atoms with Gasteiger partial charge in [-0.25, -0.2) is 0 Å². The fourth-order valence-electron chi connectivity index (χ4n) is 2.33. The summed E-state index contributed by atoms with van der Waals surface area (Å²) in [6, 6.07) is 0.0623. The van der Waals surface area contributed by atoms with Crippen LogP contribution in [0.4, 0.5) is 13.2 Å². The van der Waals surface area contributed by atoms with Crippen LogP contribution in [0.15, 0.2) is 0 Å². The lowest BCUT2D eigenvalue weighted by molar-refractivity contribution is -0.136. The van der Waals surface area contributed by atoms with Crippen LogP contribution in [0.5, 0.6) is 0 Å². The van der Waals surface area contributed by atoms with Crippen LogP contribution < -0.4 is 5.32 Å². The number of nitrogens with one attached hydrogen (secondary N) is 1. The Bertz CT molecular complexity index is 220. The third kappa shape index (κ3) is 5.73. The zero-order valence-corrected chi connectivity index (χ0v) is 10.5. The number of halogens is 3. The van der Waals surface area contributed by atoms with Gasteiger partial charge >= 0.3 is 6.18 Å². The van der Waals surface area contributed by atoms with E-state index in [9.17, 15) is 13.2 Å². The molecule has 5 heteroatoms. The third-order valence-electron chi connectivity index (χ3n) is 3.16. The van der Waals surface area contributed by atoms with E-state index in [4.69, 9.17) is 4.74 Å². The summed E-state index contributed by atoms with van der Waals surface area (Å²) in [5, 5.41) is 3.24. The van der Waals surface area contributed by atoms with E-state index in [0.29, 0.717) is 6.42 Å². The quantitative estimate of drug-likeness (QED) is 0.784. The molecule has 3 atom stereocenters. The van der Waals surface area contributed by atoms with Gasteiger partial charge in [0.15, 0.2) is 0 Å². The van der Waals surface area contributed by atoms with Crippen molar-refractivity contribution in [1.82, 2.24) is 5.32 Å². The molecule has 0 bridgehead atoms. The van der Waals surface area contributed by atoms with Crippen molar-refractivity contribution in [2.45, 2.75) is 70.4 Å². The molecule has 0 amide bonds. The van der Waals surface area contributed by atoms with E-state index >= 15 is 0 Å². The molecular formula is C12H22F3NO. The third-order valence-corrected chi connectivity index (χ3v) is 3.16.